The van der Waals surface area contributed by atoms with Gasteiger partial charge < -0.3 is 5.32 Å². The zero-order valence-corrected chi connectivity index (χ0v) is 10.6. The standard InChI is InChI=1S/C9H10BrF2NOS/c1-5(9(2,11)12)13-8(14)7-6(10)3-4-15-7/h3-5H,1-2H3,(H,13,14). The van der Waals surface area contributed by atoms with Gasteiger partial charge in [-0.15, -0.1) is 11.3 Å². The summed E-state index contributed by atoms with van der Waals surface area (Å²) in [5, 5.41) is 3.97. The molecule has 1 amide bonds. The summed E-state index contributed by atoms with van der Waals surface area (Å²) in [7, 11) is 0. The third-order valence-corrected chi connectivity index (χ3v) is 3.77. The molecule has 0 aliphatic rings. The van der Waals surface area contributed by atoms with Gasteiger partial charge >= 0.3 is 0 Å². The summed E-state index contributed by atoms with van der Waals surface area (Å²) in [5.41, 5.74) is 0. The van der Waals surface area contributed by atoms with Crippen molar-refractivity contribution in [2.24, 2.45) is 0 Å². The van der Waals surface area contributed by atoms with Gasteiger partial charge in [0.15, 0.2) is 0 Å². The van der Waals surface area contributed by atoms with Crippen molar-refractivity contribution < 1.29 is 13.6 Å². The molecule has 1 unspecified atom stereocenters. The predicted octanol–water partition coefficient (Wildman–Crippen LogP) is 3.28. The quantitative estimate of drug-likeness (QED) is 0.911. The molecular weight excluding hydrogens is 288 g/mol. The Labute approximate surface area is 98.8 Å². The molecule has 0 radical (unpaired) electrons. The van der Waals surface area contributed by atoms with Crippen LogP contribution in [0.3, 0.4) is 0 Å². The highest BCUT2D eigenvalue weighted by Gasteiger charge is 2.31. The van der Waals surface area contributed by atoms with E-state index in [4.69, 9.17) is 0 Å². The molecule has 0 bridgehead atoms. The number of amides is 1. The monoisotopic (exact) mass is 297 g/mol. The van der Waals surface area contributed by atoms with E-state index in [0.717, 1.165) is 6.92 Å². The van der Waals surface area contributed by atoms with E-state index in [1.165, 1.54) is 18.3 Å². The Morgan fingerprint density at radius 1 is 1.67 bits per heavy atom. The molecule has 0 saturated heterocycles. The minimum absolute atomic E-state index is 0.408. The average Bonchev–Trinajstić information content (AvgIpc) is 2.49. The fourth-order valence-corrected chi connectivity index (χ4v) is 2.30. The Balaban J connectivity index is 2.69. The number of hydrogen-bond acceptors (Lipinski definition) is 2. The van der Waals surface area contributed by atoms with E-state index in [0.29, 0.717) is 9.35 Å². The van der Waals surface area contributed by atoms with Gasteiger partial charge in [-0.2, -0.15) is 0 Å². The molecule has 6 heteroatoms. The highest BCUT2D eigenvalue weighted by molar-refractivity contribution is 9.10. The Hall–Kier alpha value is -0.490. The van der Waals surface area contributed by atoms with Crippen LogP contribution < -0.4 is 5.32 Å². The highest BCUT2D eigenvalue weighted by Crippen LogP contribution is 2.23. The number of halogens is 3. The van der Waals surface area contributed by atoms with Crippen LogP contribution in [0.15, 0.2) is 15.9 Å². The van der Waals surface area contributed by atoms with Crippen molar-refractivity contribution in [1.82, 2.24) is 5.32 Å². The number of carbonyl (C=O) groups is 1. The molecule has 0 aliphatic heterocycles. The van der Waals surface area contributed by atoms with E-state index in [2.05, 4.69) is 21.2 Å². The Morgan fingerprint density at radius 3 is 2.67 bits per heavy atom. The first kappa shape index (κ1) is 12.6. The van der Waals surface area contributed by atoms with Crippen molar-refractivity contribution in [1.29, 1.82) is 0 Å². The van der Waals surface area contributed by atoms with Crippen LogP contribution in [0, 0.1) is 0 Å². The van der Waals surface area contributed by atoms with Crippen molar-refractivity contribution >= 4 is 33.2 Å². The van der Waals surface area contributed by atoms with Crippen molar-refractivity contribution in [2.75, 3.05) is 0 Å². The molecule has 1 aromatic rings. The van der Waals surface area contributed by atoms with Crippen LogP contribution in [-0.4, -0.2) is 17.9 Å². The smallest absolute Gasteiger partial charge is 0.264 e. The third-order valence-electron chi connectivity index (χ3n) is 1.93. The summed E-state index contributed by atoms with van der Waals surface area (Å²) < 4.78 is 26.2. The molecule has 1 N–H and O–H groups in total. The van der Waals surface area contributed by atoms with E-state index in [1.54, 1.807) is 11.4 Å². The molecule has 1 heterocycles. The van der Waals surface area contributed by atoms with Crippen molar-refractivity contribution in [3.63, 3.8) is 0 Å². The average molecular weight is 298 g/mol. The molecule has 1 aromatic heterocycles. The Kier molecular flexibility index (Phi) is 3.83. The lowest BCUT2D eigenvalue weighted by atomic mass is 10.2. The third kappa shape index (κ3) is 3.24. The lowest BCUT2D eigenvalue weighted by molar-refractivity contribution is -0.0107. The molecule has 0 fully saturated rings. The molecule has 2 nitrogen and oxygen atoms in total. The maximum absolute atomic E-state index is 12.8. The van der Waals surface area contributed by atoms with Gasteiger partial charge in [0.25, 0.3) is 11.8 Å². The molecule has 0 aromatic carbocycles. The molecular formula is C9H10BrF2NOS. The number of alkyl halides is 2. The first-order valence-electron chi connectivity index (χ1n) is 4.24. The van der Waals surface area contributed by atoms with Crippen molar-refractivity contribution in [2.45, 2.75) is 25.8 Å². The summed E-state index contributed by atoms with van der Waals surface area (Å²) in [5.74, 6) is -3.40. The Morgan fingerprint density at radius 2 is 2.27 bits per heavy atom. The first-order chi connectivity index (χ1) is 6.82. The summed E-state index contributed by atoms with van der Waals surface area (Å²) in [6, 6.07) is 0.521. The number of nitrogens with one attached hydrogen (secondary N) is 1. The largest absolute Gasteiger partial charge is 0.343 e. The van der Waals surface area contributed by atoms with Gasteiger partial charge in [-0.1, -0.05) is 0 Å². The minimum Gasteiger partial charge on any atom is -0.343 e. The molecule has 0 saturated carbocycles. The van der Waals surface area contributed by atoms with E-state index in [1.807, 2.05) is 0 Å². The van der Waals surface area contributed by atoms with Gasteiger partial charge in [-0.05, 0) is 34.3 Å². The van der Waals surface area contributed by atoms with Gasteiger partial charge in [0, 0.05) is 11.4 Å². The summed E-state index contributed by atoms with van der Waals surface area (Å²) in [6.07, 6.45) is 0. The van der Waals surface area contributed by atoms with Crippen LogP contribution in [0.4, 0.5) is 8.78 Å². The lowest BCUT2D eigenvalue weighted by Gasteiger charge is -2.20. The van der Waals surface area contributed by atoms with Crippen LogP contribution in [0.1, 0.15) is 23.5 Å². The number of carbonyl (C=O) groups excluding carboxylic acids is 1. The van der Waals surface area contributed by atoms with Gasteiger partial charge in [0.1, 0.15) is 4.88 Å². The topological polar surface area (TPSA) is 29.1 Å². The van der Waals surface area contributed by atoms with Crippen LogP contribution >= 0.6 is 27.3 Å². The normalized spacial score (nSPS) is 13.7. The minimum atomic E-state index is -2.92. The predicted molar refractivity (Wildman–Crippen MR) is 59.6 cm³/mol. The number of hydrogen-bond donors (Lipinski definition) is 1. The maximum atomic E-state index is 12.8. The summed E-state index contributed by atoms with van der Waals surface area (Å²) >= 11 is 4.38. The summed E-state index contributed by atoms with van der Waals surface area (Å²) in [6.45, 7) is 2.06. The number of rotatable bonds is 3. The zero-order valence-electron chi connectivity index (χ0n) is 8.18. The van der Waals surface area contributed by atoms with E-state index in [-0.39, 0.29) is 0 Å². The number of thiophene rings is 1. The Bertz CT molecular complexity index is 361. The second-order valence-electron chi connectivity index (χ2n) is 3.25. The fourth-order valence-electron chi connectivity index (χ4n) is 0.845. The van der Waals surface area contributed by atoms with Crippen LogP contribution in [0.2, 0.25) is 0 Å². The zero-order chi connectivity index (χ0) is 11.6. The van der Waals surface area contributed by atoms with Gasteiger partial charge in [0.2, 0.25) is 0 Å². The molecule has 1 rings (SSSR count). The van der Waals surface area contributed by atoms with Crippen LogP contribution in [0.25, 0.3) is 0 Å². The SMILES string of the molecule is CC(NC(=O)c1sccc1Br)C(C)(F)F. The second-order valence-corrected chi connectivity index (χ2v) is 5.02. The fraction of sp³-hybridized carbons (Fsp3) is 0.444. The summed E-state index contributed by atoms with van der Waals surface area (Å²) in [4.78, 5) is 11.9. The van der Waals surface area contributed by atoms with Crippen LogP contribution in [-0.2, 0) is 0 Å². The second kappa shape index (κ2) is 4.57. The molecule has 0 spiro atoms. The molecule has 1 atom stereocenters. The molecule has 0 aliphatic carbocycles. The van der Waals surface area contributed by atoms with Gasteiger partial charge in [-0.25, -0.2) is 8.78 Å². The molecule has 84 valence electrons. The van der Waals surface area contributed by atoms with Crippen LogP contribution in [0.5, 0.6) is 0 Å². The van der Waals surface area contributed by atoms with Crippen molar-refractivity contribution in [3.05, 3.63) is 20.8 Å². The van der Waals surface area contributed by atoms with E-state index < -0.39 is 17.9 Å². The molecule has 15 heavy (non-hydrogen) atoms. The van der Waals surface area contributed by atoms with E-state index in [9.17, 15) is 13.6 Å². The highest BCUT2D eigenvalue weighted by atomic mass is 79.9. The van der Waals surface area contributed by atoms with Gasteiger partial charge in [0.05, 0.1) is 6.04 Å². The van der Waals surface area contributed by atoms with E-state index >= 15 is 0 Å². The maximum Gasteiger partial charge on any atom is 0.264 e. The van der Waals surface area contributed by atoms with Gasteiger partial charge in [-0.3, -0.25) is 4.79 Å². The lowest BCUT2D eigenvalue weighted by Crippen LogP contribution is -2.43. The first-order valence-corrected chi connectivity index (χ1v) is 5.91. The van der Waals surface area contributed by atoms with Crippen molar-refractivity contribution in [3.8, 4) is 0 Å².